The van der Waals surface area contributed by atoms with Gasteiger partial charge in [-0.25, -0.2) is 4.79 Å². The topological polar surface area (TPSA) is 66.8 Å². The number of carboxylic acids is 1. The first-order valence-electron chi connectivity index (χ1n) is 5.25. The van der Waals surface area contributed by atoms with Crippen molar-refractivity contribution in [3.05, 3.63) is 35.9 Å². The first-order valence-corrected chi connectivity index (χ1v) is 5.25. The van der Waals surface area contributed by atoms with E-state index < -0.39 is 18.1 Å². The standard InChI is InChI=1S/C12H13NO4/c1-17-10-9(12(15)16)13(11(10)14)7-8-5-3-2-4-6-8/h2-6,9-10H,7H2,1H3,(H,15,16)/t9-,10+/m0/s1. The molecule has 5 heteroatoms. The fourth-order valence-corrected chi connectivity index (χ4v) is 1.97. The van der Waals surface area contributed by atoms with Gasteiger partial charge in [0.15, 0.2) is 12.1 Å². The van der Waals surface area contributed by atoms with Crippen molar-refractivity contribution in [3.63, 3.8) is 0 Å². The number of carbonyl (C=O) groups excluding carboxylic acids is 1. The summed E-state index contributed by atoms with van der Waals surface area (Å²) < 4.78 is 4.87. The molecule has 1 heterocycles. The molecule has 2 rings (SSSR count). The van der Waals surface area contributed by atoms with Gasteiger partial charge >= 0.3 is 5.97 Å². The van der Waals surface area contributed by atoms with Gasteiger partial charge < -0.3 is 14.7 Å². The first kappa shape index (κ1) is 11.6. The fraction of sp³-hybridized carbons (Fsp3) is 0.333. The molecule has 2 atom stereocenters. The van der Waals surface area contributed by atoms with E-state index in [1.165, 1.54) is 12.0 Å². The molecule has 0 aliphatic carbocycles. The van der Waals surface area contributed by atoms with Crippen LogP contribution in [0.5, 0.6) is 0 Å². The zero-order chi connectivity index (χ0) is 12.4. The monoisotopic (exact) mass is 235 g/mol. The molecule has 1 N–H and O–H groups in total. The van der Waals surface area contributed by atoms with Crippen molar-refractivity contribution in [2.75, 3.05) is 7.11 Å². The van der Waals surface area contributed by atoms with Crippen LogP contribution < -0.4 is 0 Å². The summed E-state index contributed by atoms with van der Waals surface area (Å²) in [6.45, 7) is 0.302. The van der Waals surface area contributed by atoms with E-state index in [9.17, 15) is 9.59 Å². The van der Waals surface area contributed by atoms with Crippen LogP contribution in [0.2, 0.25) is 0 Å². The summed E-state index contributed by atoms with van der Waals surface area (Å²) in [5, 5.41) is 9.03. The number of hydrogen-bond acceptors (Lipinski definition) is 3. The molecule has 0 aromatic heterocycles. The van der Waals surface area contributed by atoms with E-state index in [0.717, 1.165) is 5.56 Å². The second-order valence-corrected chi connectivity index (χ2v) is 3.89. The molecule has 90 valence electrons. The molecular weight excluding hydrogens is 222 g/mol. The van der Waals surface area contributed by atoms with Gasteiger partial charge in [-0.3, -0.25) is 4.79 Å². The third-order valence-corrected chi connectivity index (χ3v) is 2.85. The number of rotatable bonds is 4. The van der Waals surface area contributed by atoms with Gasteiger partial charge in [0, 0.05) is 13.7 Å². The molecule has 0 radical (unpaired) electrons. The second-order valence-electron chi connectivity index (χ2n) is 3.89. The van der Waals surface area contributed by atoms with E-state index in [4.69, 9.17) is 9.84 Å². The number of ether oxygens (including phenoxy) is 1. The zero-order valence-electron chi connectivity index (χ0n) is 9.37. The number of aliphatic carboxylic acids is 1. The average Bonchev–Trinajstić information content (AvgIpc) is 2.33. The summed E-state index contributed by atoms with van der Waals surface area (Å²) >= 11 is 0. The highest BCUT2D eigenvalue weighted by Gasteiger charge is 2.52. The maximum absolute atomic E-state index is 11.6. The summed E-state index contributed by atoms with van der Waals surface area (Å²) in [4.78, 5) is 24.0. The predicted molar refractivity (Wildman–Crippen MR) is 59.2 cm³/mol. The Labute approximate surface area is 98.6 Å². The van der Waals surface area contributed by atoms with E-state index in [-0.39, 0.29) is 5.91 Å². The van der Waals surface area contributed by atoms with Crippen LogP contribution in [0.25, 0.3) is 0 Å². The molecule has 0 spiro atoms. The summed E-state index contributed by atoms with van der Waals surface area (Å²) in [6, 6.07) is 8.40. The van der Waals surface area contributed by atoms with Gasteiger partial charge in [0.2, 0.25) is 0 Å². The van der Waals surface area contributed by atoms with E-state index >= 15 is 0 Å². The first-order chi connectivity index (χ1) is 8.15. The van der Waals surface area contributed by atoms with E-state index in [0.29, 0.717) is 6.54 Å². The smallest absolute Gasteiger partial charge is 0.329 e. The highest BCUT2D eigenvalue weighted by atomic mass is 16.5. The van der Waals surface area contributed by atoms with Crippen LogP contribution in [0.4, 0.5) is 0 Å². The molecule has 1 aliphatic heterocycles. The molecule has 0 bridgehead atoms. The van der Waals surface area contributed by atoms with Gasteiger partial charge in [-0.15, -0.1) is 0 Å². The molecule has 1 amide bonds. The molecule has 1 aliphatic rings. The average molecular weight is 235 g/mol. The minimum absolute atomic E-state index is 0.274. The van der Waals surface area contributed by atoms with Crippen LogP contribution in [-0.2, 0) is 20.9 Å². The number of carboxylic acid groups (broad SMARTS) is 1. The molecule has 5 nitrogen and oxygen atoms in total. The van der Waals surface area contributed by atoms with Crippen molar-refractivity contribution < 1.29 is 19.4 Å². The summed E-state index contributed by atoms with van der Waals surface area (Å²) in [5.74, 6) is -1.31. The number of methoxy groups -OCH3 is 1. The van der Waals surface area contributed by atoms with Crippen LogP contribution in [-0.4, -0.2) is 41.1 Å². The highest BCUT2D eigenvalue weighted by Crippen LogP contribution is 2.25. The molecule has 1 saturated heterocycles. The van der Waals surface area contributed by atoms with Crippen LogP contribution in [0.3, 0.4) is 0 Å². The molecule has 0 unspecified atom stereocenters. The van der Waals surface area contributed by atoms with Gasteiger partial charge in [-0.1, -0.05) is 30.3 Å². The van der Waals surface area contributed by atoms with Crippen LogP contribution in [0.15, 0.2) is 30.3 Å². The lowest BCUT2D eigenvalue weighted by Crippen LogP contribution is -2.67. The predicted octanol–water partition coefficient (Wildman–Crippen LogP) is 0.497. The number of likely N-dealkylation sites (tertiary alicyclic amines) is 1. The van der Waals surface area contributed by atoms with Gasteiger partial charge in [0.05, 0.1) is 0 Å². The van der Waals surface area contributed by atoms with Crippen molar-refractivity contribution in [2.24, 2.45) is 0 Å². The minimum atomic E-state index is -1.03. The Bertz CT molecular complexity index is 431. The normalized spacial score (nSPS) is 23.4. The van der Waals surface area contributed by atoms with Crippen molar-refractivity contribution >= 4 is 11.9 Å². The Morgan fingerprint density at radius 2 is 2.06 bits per heavy atom. The van der Waals surface area contributed by atoms with Crippen LogP contribution >= 0.6 is 0 Å². The maximum Gasteiger partial charge on any atom is 0.329 e. The highest BCUT2D eigenvalue weighted by molar-refractivity contribution is 5.98. The summed E-state index contributed by atoms with van der Waals surface area (Å²) in [5.41, 5.74) is 0.904. The lowest BCUT2D eigenvalue weighted by atomic mass is 9.97. The number of carbonyl (C=O) groups is 2. The zero-order valence-corrected chi connectivity index (χ0v) is 9.37. The molecular formula is C12H13NO4. The lowest BCUT2D eigenvalue weighted by Gasteiger charge is -2.43. The number of amides is 1. The SMILES string of the molecule is CO[C@H]1C(=O)N(Cc2ccccc2)[C@@H]1C(=O)O. The maximum atomic E-state index is 11.6. The lowest BCUT2D eigenvalue weighted by molar-refractivity contribution is -0.183. The number of hydrogen-bond donors (Lipinski definition) is 1. The van der Waals surface area contributed by atoms with E-state index in [2.05, 4.69) is 0 Å². The van der Waals surface area contributed by atoms with Gasteiger partial charge in [0.25, 0.3) is 5.91 Å². The quantitative estimate of drug-likeness (QED) is 0.771. The molecule has 1 fully saturated rings. The number of nitrogens with zero attached hydrogens (tertiary/aromatic N) is 1. The second kappa shape index (κ2) is 4.55. The Morgan fingerprint density at radius 3 is 2.59 bits per heavy atom. The van der Waals surface area contributed by atoms with Gasteiger partial charge in [0.1, 0.15) is 0 Å². The minimum Gasteiger partial charge on any atom is -0.480 e. The molecule has 0 saturated carbocycles. The number of β-lactam (4-membered cyclic amide) rings is 1. The molecule has 1 aromatic carbocycles. The summed E-state index contributed by atoms with van der Waals surface area (Å²) in [7, 11) is 1.35. The van der Waals surface area contributed by atoms with Crippen molar-refractivity contribution in [1.29, 1.82) is 0 Å². The van der Waals surface area contributed by atoms with E-state index in [1.54, 1.807) is 0 Å². The van der Waals surface area contributed by atoms with Crippen molar-refractivity contribution in [3.8, 4) is 0 Å². The fourth-order valence-electron chi connectivity index (χ4n) is 1.97. The Morgan fingerprint density at radius 1 is 1.41 bits per heavy atom. The van der Waals surface area contributed by atoms with E-state index in [1.807, 2.05) is 30.3 Å². The van der Waals surface area contributed by atoms with Crippen LogP contribution in [0.1, 0.15) is 5.56 Å². The Hall–Kier alpha value is -1.88. The van der Waals surface area contributed by atoms with Crippen LogP contribution in [0, 0.1) is 0 Å². The van der Waals surface area contributed by atoms with Crippen molar-refractivity contribution in [2.45, 2.75) is 18.7 Å². The van der Waals surface area contributed by atoms with Gasteiger partial charge in [-0.2, -0.15) is 0 Å². The Balaban J connectivity index is 2.11. The molecule has 17 heavy (non-hydrogen) atoms. The Kier molecular flexibility index (Phi) is 3.10. The van der Waals surface area contributed by atoms with Crippen molar-refractivity contribution in [1.82, 2.24) is 4.90 Å². The summed E-state index contributed by atoms with van der Waals surface area (Å²) in [6.07, 6.45) is -0.851. The number of benzene rings is 1. The van der Waals surface area contributed by atoms with Gasteiger partial charge in [-0.05, 0) is 5.56 Å². The third kappa shape index (κ3) is 2.01. The molecule has 1 aromatic rings. The third-order valence-electron chi connectivity index (χ3n) is 2.85. The largest absolute Gasteiger partial charge is 0.480 e.